The molecule has 4 heterocycles. The van der Waals surface area contributed by atoms with Crippen LogP contribution in [0.25, 0.3) is 10.9 Å². The van der Waals surface area contributed by atoms with Crippen molar-refractivity contribution in [3.63, 3.8) is 0 Å². The maximum Gasteiger partial charge on any atom is 0.225 e. The third-order valence-electron chi connectivity index (χ3n) is 7.34. The average molecular weight is 382 g/mol. The van der Waals surface area contributed by atoms with Gasteiger partial charge < -0.3 is 14.6 Å². The van der Waals surface area contributed by atoms with Gasteiger partial charge in [0.15, 0.2) is 0 Å². The van der Waals surface area contributed by atoms with Gasteiger partial charge in [0.05, 0.1) is 12.6 Å². The average Bonchev–Trinajstić information content (AvgIpc) is 3.22. The molecule has 3 aliphatic heterocycles. The highest BCUT2D eigenvalue weighted by Gasteiger charge is 2.58. The molecule has 0 aliphatic carbocycles. The van der Waals surface area contributed by atoms with E-state index < -0.39 is 0 Å². The van der Waals surface area contributed by atoms with Gasteiger partial charge >= 0.3 is 0 Å². The predicted octanol–water partition coefficient (Wildman–Crippen LogP) is 3.67. The van der Waals surface area contributed by atoms with Crippen molar-refractivity contribution in [3.05, 3.63) is 35.5 Å². The number of rotatable bonds is 3. The lowest BCUT2D eigenvalue weighted by molar-refractivity contribution is -0.193. The monoisotopic (exact) mass is 381 g/mol. The van der Waals surface area contributed by atoms with E-state index in [2.05, 4.69) is 59.8 Å². The number of aromatic nitrogens is 1. The number of aryl methyl sites for hydroxylation is 1. The summed E-state index contributed by atoms with van der Waals surface area (Å²) in [6.45, 7) is 10.2. The van der Waals surface area contributed by atoms with Crippen LogP contribution >= 0.6 is 0 Å². The van der Waals surface area contributed by atoms with Crippen molar-refractivity contribution in [2.75, 3.05) is 19.7 Å². The molecule has 0 bridgehead atoms. The van der Waals surface area contributed by atoms with Crippen LogP contribution in [0.3, 0.4) is 0 Å². The van der Waals surface area contributed by atoms with E-state index in [-0.39, 0.29) is 11.8 Å². The third kappa shape index (κ3) is 2.63. The summed E-state index contributed by atoms with van der Waals surface area (Å²) in [6.07, 6.45) is 2.53. The second kappa shape index (κ2) is 6.60. The molecule has 1 N–H and O–H groups in total. The van der Waals surface area contributed by atoms with Crippen molar-refractivity contribution < 1.29 is 9.53 Å². The summed E-state index contributed by atoms with van der Waals surface area (Å²) in [7, 11) is 0. The van der Waals surface area contributed by atoms with Crippen LogP contribution in [0.15, 0.2) is 24.3 Å². The molecule has 3 fully saturated rings. The summed E-state index contributed by atoms with van der Waals surface area (Å²) in [4.78, 5) is 21.1. The molecule has 28 heavy (non-hydrogen) atoms. The number of piperidine rings is 2. The maximum absolute atomic E-state index is 12.8. The molecule has 0 unspecified atom stereocenters. The zero-order chi connectivity index (χ0) is 19.5. The fraction of sp³-hybridized carbons (Fsp3) is 0.609. The van der Waals surface area contributed by atoms with Crippen LogP contribution < -0.4 is 0 Å². The van der Waals surface area contributed by atoms with E-state index in [0.717, 1.165) is 32.5 Å². The minimum atomic E-state index is -0.351. The van der Waals surface area contributed by atoms with Crippen molar-refractivity contribution >= 4 is 16.8 Å². The summed E-state index contributed by atoms with van der Waals surface area (Å²) in [5.74, 6) is 1.15. The Balaban J connectivity index is 1.37. The number of nitrogens with zero attached hydrogens (tertiary/aromatic N) is 2. The Morgan fingerprint density at radius 3 is 2.93 bits per heavy atom. The molecule has 150 valence electrons. The standard InChI is InChI=1S/C23H31N3O2/c1-15(2)21-14-28-23-10-11-25(12-17(23)8-9-22(27)26(21)23)13-20-16(3)18-6-4-5-7-19(18)24-20/h4-7,15,17,21,24H,8-14H2,1-3H3/t17-,21-,23-/m1/s1. The Morgan fingerprint density at radius 1 is 1.32 bits per heavy atom. The zero-order valence-corrected chi connectivity index (χ0v) is 17.2. The van der Waals surface area contributed by atoms with E-state index >= 15 is 0 Å². The van der Waals surface area contributed by atoms with E-state index in [1.807, 2.05) is 0 Å². The van der Waals surface area contributed by atoms with Gasteiger partial charge in [-0.1, -0.05) is 32.0 Å². The highest BCUT2D eigenvalue weighted by molar-refractivity contribution is 5.84. The molecular formula is C23H31N3O2. The highest BCUT2D eigenvalue weighted by atomic mass is 16.5. The Hall–Kier alpha value is -1.85. The van der Waals surface area contributed by atoms with Gasteiger partial charge in [0.25, 0.3) is 0 Å². The molecule has 1 aromatic heterocycles. The molecule has 1 aromatic carbocycles. The minimum absolute atomic E-state index is 0.234. The number of H-pyrrole nitrogens is 1. The lowest BCUT2D eigenvalue weighted by Crippen LogP contribution is -2.65. The van der Waals surface area contributed by atoms with Gasteiger partial charge in [0, 0.05) is 55.0 Å². The summed E-state index contributed by atoms with van der Waals surface area (Å²) in [5.41, 5.74) is 3.54. The summed E-state index contributed by atoms with van der Waals surface area (Å²) in [6, 6.07) is 8.77. The zero-order valence-electron chi connectivity index (χ0n) is 17.2. The Bertz CT molecular complexity index is 904. The van der Waals surface area contributed by atoms with Crippen LogP contribution in [-0.4, -0.2) is 52.2 Å². The van der Waals surface area contributed by atoms with E-state index in [9.17, 15) is 4.79 Å². The number of nitrogens with one attached hydrogen (secondary N) is 1. The van der Waals surface area contributed by atoms with Crippen LogP contribution in [0.2, 0.25) is 0 Å². The second-order valence-electron chi connectivity index (χ2n) is 9.23. The van der Waals surface area contributed by atoms with Gasteiger partial charge in [0.1, 0.15) is 5.72 Å². The lowest BCUT2D eigenvalue weighted by atomic mass is 9.79. The second-order valence-corrected chi connectivity index (χ2v) is 9.23. The van der Waals surface area contributed by atoms with E-state index in [1.165, 1.54) is 22.2 Å². The number of carbonyl (C=O) groups excluding carboxylic acids is 1. The number of para-hydroxylation sites is 1. The number of aromatic amines is 1. The molecule has 3 aliphatic rings. The molecular weight excluding hydrogens is 350 g/mol. The minimum Gasteiger partial charge on any atom is -0.357 e. The topological polar surface area (TPSA) is 48.6 Å². The van der Waals surface area contributed by atoms with Crippen molar-refractivity contribution in [2.45, 2.75) is 58.3 Å². The van der Waals surface area contributed by atoms with Crippen molar-refractivity contribution in [1.29, 1.82) is 0 Å². The number of carbonyl (C=O) groups is 1. The van der Waals surface area contributed by atoms with Crippen LogP contribution in [-0.2, 0) is 16.1 Å². The Labute approximate surface area is 167 Å². The lowest BCUT2D eigenvalue weighted by Gasteiger charge is -2.53. The molecule has 0 saturated carbocycles. The van der Waals surface area contributed by atoms with E-state index in [0.29, 0.717) is 30.8 Å². The number of hydrogen-bond donors (Lipinski definition) is 1. The molecule has 0 radical (unpaired) electrons. The molecule has 2 aromatic rings. The first-order valence-corrected chi connectivity index (χ1v) is 10.7. The highest BCUT2D eigenvalue weighted by Crippen LogP contribution is 2.47. The van der Waals surface area contributed by atoms with Gasteiger partial charge in [0.2, 0.25) is 5.91 Å². The number of ether oxygens (including phenoxy) is 1. The quantitative estimate of drug-likeness (QED) is 0.882. The summed E-state index contributed by atoms with van der Waals surface area (Å²) >= 11 is 0. The predicted molar refractivity (Wildman–Crippen MR) is 110 cm³/mol. The number of fused-ring (bicyclic) bond motifs is 1. The molecule has 3 atom stereocenters. The molecule has 5 heteroatoms. The Morgan fingerprint density at radius 2 is 2.14 bits per heavy atom. The third-order valence-corrected chi connectivity index (χ3v) is 7.34. The van der Waals surface area contributed by atoms with E-state index in [4.69, 9.17) is 4.74 Å². The van der Waals surface area contributed by atoms with Gasteiger partial charge in [-0.15, -0.1) is 0 Å². The summed E-state index contributed by atoms with van der Waals surface area (Å²) in [5, 5.41) is 1.32. The first-order valence-electron chi connectivity index (χ1n) is 10.7. The van der Waals surface area contributed by atoms with Crippen LogP contribution in [0.4, 0.5) is 0 Å². The Kier molecular flexibility index (Phi) is 4.29. The molecule has 1 amide bonds. The van der Waals surface area contributed by atoms with Crippen LogP contribution in [0.5, 0.6) is 0 Å². The number of hydrogen-bond acceptors (Lipinski definition) is 3. The maximum atomic E-state index is 12.8. The number of likely N-dealkylation sites (tertiary alicyclic amines) is 1. The first kappa shape index (κ1) is 18.2. The van der Waals surface area contributed by atoms with Gasteiger partial charge in [-0.25, -0.2) is 0 Å². The molecule has 5 nitrogen and oxygen atoms in total. The molecule has 5 rings (SSSR count). The first-order chi connectivity index (χ1) is 13.5. The number of benzene rings is 1. The van der Waals surface area contributed by atoms with Crippen LogP contribution in [0, 0.1) is 18.8 Å². The van der Waals surface area contributed by atoms with Crippen molar-refractivity contribution in [1.82, 2.24) is 14.8 Å². The van der Waals surface area contributed by atoms with Crippen LogP contribution in [0.1, 0.15) is 44.4 Å². The van der Waals surface area contributed by atoms with Gasteiger partial charge in [-0.3, -0.25) is 9.69 Å². The number of amides is 1. The fourth-order valence-corrected chi connectivity index (χ4v) is 5.71. The smallest absolute Gasteiger partial charge is 0.225 e. The normalized spacial score (nSPS) is 30.9. The van der Waals surface area contributed by atoms with Crippen molar-refractivity contribution in [2.24, 2.45) is 11.8 Å². The molecule has 3 saturated heterocycles. The van der Waals surface area contributed by atoms with Gasteiger partial charge in [-0.05, 0) is 30.9 Å². The van der Waals surface area contributed by atoms with E-state index in [1.54, 1.807) is 0 Å². The molecule has 1 spiro atoms. The van der Waals surface area contributed by atoms with Crippen molar-refractivity contribution in [3.8, 4) is 0 Å². The van der Waals surface area contributed by atoms with Gasteiger partial charge in [-0.2, -0.15) is 0 Å². The summed E-state index contributed by atoms with van der Waals surface area (Å²) < 4.78 is 6.43. The SMILES string of the molecule is Cc1c(CN2CC[C@]34OC[C@H](C(C)C)N3C(=O)CC[C@@H]4C2)[nH]c2ccccc12. The fourth-order valence-electron chi connectivity index (χ4n) is 5.71. The largest absolute Gasteiger partial charge is 0.357 e.